The molecule has 1 aromatic carbocycles. The zero-order valence-corrected chi connectivity index (χ0v) is 17.9. The number of thiophene rings is 1. The molecule has 1 atom stereocenters. The van der Waals surface area contributed by atoms with E-state index in [4.69, 9.17) is 33.7 Å². The summed E-state index contributed by atoms with van der Waals surface area (Å²) in [4.78, 5) is 34.9. The van der Waals surface area contributed by atoms with Crippen molar-refractivity contribution in [3.05, 3.63) is 45.3 Å². The van der Waals surface area contributed by atoms with Gasteiger partial charge in [0.1, 0.15) is 11.0 Å². The molecular formula is C16H15Cl2N3O6S2. The number of nitrogens with one attached hydrogen (secondary N) is 2. The fourth-order valence-corrected chi connectivity index (χ4v) is 4.41. The Kier molecular flexibility index (Phi) is 7.60. The number of amides is 2. The average molecular weight is 480 g/mol. The number of halogens is 2. The minimum Gasteiger partial charge on any atom is -0.454 e. The van der Waals surface area contributed by atoms with Crippen LogP contribution in [0.15, 0.2) is 34.5 Å². The van der Waals surface area contributed by atoms with Crippen molar-refractivity contribution < 1.29 is 27.5 Å². The summed E-state index contributed by atoms with van der Waals surface area (Å²) in [6.07, 6.45) is 0. The predicted molar refractivity (Wildman–Crippen MR) is 109 cm³/mol. The largest absolute Gasteiger partial charge is 0.454 e. The molecule has 2 amide bonds. The number of ether oxygens (including phenoxy) is 1. The molecule has 0 unspecified atom stereocenters. The van der Waals surface area contributed by atoms with Crippen molar-refractivity contribution in [3.8, 4) is 0 Å². The molecular weight excluding hydrogens is 465 g/mol. The van der Waals surface area contributed by atoms with E-state index in [1.54, 1.807) is 5.38 Å². The Morgan fingerprint density at radius 2 is 1.90 bits per heavy atom. The first-order valence-electron chi connectivity index (χ1n) is 7.82. The van der Waals surface area contributed by atoms with Gasteiger partial charge in [0.15, 0.2) is 6.61 Å². The van der Waals surface area contributed by atoms with Crippen LogP contribution in [0, 0.1) is 0 Å². The number of hydrogen-bond acceptors (Lipinski definition) is 7. The average Bonchev–Trinajstić information content (AvgIpc) is 3.09. The molecule has 1 heterocycles. The molecule has 2 aromatic rings. The third-order valence-electron chi connectivity index (χ3n) is 3.42. The Hall–Kier alpha value is -2.18. The van der Waals surface area contributed by atoms with E-state index in [-0.39, 0.29) is 25.5 Å². The number of hydrogen-bond donors (Lipinski definition) is 3. The van der Waals surface area contributed by atoms with Gasteiger partial charge in [0.2, 0.25) is 10.0 Å². The Morgan fingerprint density at radius 3 is 2.52 bits per heavy atom. The molecule has 13 heteroatoms. The van der Waals surface area contributed by atoms with E-state index in [2.05, 4.69) is 10.0 Å². The summed E-state index contributed by atoms with van der Waals surface area (Å²) in [6, 6.07) is 3.81. The smallest absolute Gasteiger partial charge is 0.324 e. The molecule has 0 saturated carbocycles. The first-order chi connectivity index (χ1) is 13.5. The summed E-state index contributed by atoms with van der Waals surface area (Å²) in [5.41, 5.74) is 5.29. The molecule has 9 nitrogen and oxygen atoms in total. The van der Waals surface area contributed by atoms with Gasteiger partial charge >= 0.3 is 5.97 Å². The molecule has 0 fully saturated rings. The Bertz CT molecular complexity index is 1050. The lowest BCUT2D eigenvalue weighted by atomic mass is 10.3. The first kappa shape index (κ1) is 23.1. The summed E-state index contributed by atoms with van der Waals surface area (Å²) in [7, 11) is -4.08. The number of primary amides is 1. The number of carbonyl (C=O) groups is 3. The van der Waals surface area contributed by atoms with Crippen molar-refractivity contribution >= 4 is 67.3 Å². The maximum Gasteiger partial charge on any atom is 0.324 e. The van der Waals surface area contributed by atoms with E-state index >= 15 is 0 Å². The molecule has 1 aromatic heterocycles. The lowest BCUT2D eigenvalue weighted by Gasteiger charge is -2.14. The third-order valence-corrected chi connectivity index (χ3v) is 6.52. The van der Waals surface area contributed by atoms with Crippen molar-refractivity contribution in [3.63, 3.8) is 0 Å². The second-order valence-electron chi connectivity index (χ2n) is 5.60. The van der Waals surface area contributed by atoms with Crippen LogP contribution < -0.4 is 15.8 Å². The van der Waals surface area contributed by atoms with Crippen LogP contribution in [0.25, 0.3) is 0 Å². The van der Waals surface area contributed by atoms with Crippen molar-refractivity contribution in [2.24, 2.45) is 5.73 Å². The van der Waals surface area contributed by atoms with Crippen molar-refractivity contribution in [1.82, 2.24) is 4.72 Å². The third kappa shape index (κ3) is 6.15. The van der Waals surface area contributed by atoms with E-state index in [9.17, 15) is 22.8 Å². The minimum absolute atomic E-state index is 0.0327. The number of benzene rings is 1. The topological polar surface area (TPSA) is 145 Å². The summed E-state index contributed by atoms with van der Waals surface area (Å²) in [5, 5.41) is 4.37. The number of anilines is 1. The predicted octanol–water partition coefficient (Wildman–Crippen LogP) is 2.00. The highest BCUT2D eigenvalue weighted by atomic mass is 35.5. The van der Waals surface area contributed by atoms with Crippen LogP contribution in [0.2, 0.25) is 10.0 Å². The number of nitrogens with two attached hydrogens (primary N) is 1. The van der Waals surface area contributed by atoms with E-state index < -0.39 is 40.5 Å². The van der Waals surface area contributed by atoms with Gasteiger partial charge in [-0.3, -0.25) is 14.4 Å². The van der Waals surface area contributed by atoms with Crippen LogP contribution in [0.3, 0.4) is 0 Å². The lowest BCUT2D eigenvalue weighted by molar-refractivity contribution is -0.148. The second-order valence-corrected chi connectivity index (χ2v) is 9.05. The van der Waals surface area contributed by atoms with Crippen LogP contribution in [-0.4, -0.2) is 38.9 Å². The maximum absolute atomic E-state index is 12.3. The molecule has 4 N–H and O–H groups in total. The second kappa shape index (κ2) is 9.55. The van der Waals surface area contributed by atoms with Crippen LogP contribution in [0.4, 0.5) is 5.00 Å². The van der Waals surface area contributed by atoms with Crippen LogP contribution >= 0.6 is 34.5 Å². The SMILES string of the molecule is C[C@H](NS(=O)(=O)c1ccc(Cl)c(Cl)c1)C(=O)OCC(=O)Nc1sccc1C(N)=O. The maximum atomic E-state index is 12.3. The molecule has 0 spiro atoms. The van der Waals surface area contributed by atoms with Gasteiger partial charge in [0.05, 0.1) is 20.5 Å². The normalized spacial score (nSPS) is 12.2. The minimum atomic E-state index is -4.08. The fraction of sp³-hybridized carbons (Fsp3) is 0.188. The van der Waals surface area contributed by atoms with Crippen LogP contribution in [0.1, 0.15) is 17.3 Å². The molecule has 2 rings (SSSR count). The van der Waals surface area contributed by atoms with Gasteiger partial charge in [-0.05, 0) is 36.6 Å². The van der Waals surface area contributed by atoms with Gasteiger partial charge in [-0.25, -0.2) is 8.42 Å². The number of carbonyl (C=O) groups excluding carboxylic acids is 3. The zero-order valence-electron chi connectivity index (χ0n) is 14.8. The van der Waals surface area contributed by atoms with Crippen LogP contribution in [0.5, 0.6) is 0 Å². The van der Waals surface area contributed by atoms with E-state index in [1.807, 2.05) is 0 Å². The van der Waals surface area contributed by atoms with Gasteiger partial charge < -0.3 is 15.8 Å². The lowest BCUT2D eigenvalue weighted by Crippen LogP contribution is -2.40. The summed E-state index contributed by atoms with van der Waals surface area (Å²) in [5.74, 6) is -2.42. The van der Waals surface area contributed by atoms with E-state index in [0.29, 0.717) is 0 Å². The quantitative estimate of drug-likeness (QED) is 0.493. The molecule has 0 aliphatic carbocycles. The van der Waals surface area contributed by atoms with E-state index in [0.717, 1.165) is 17.4 Å². The highest BCUT2D eigenvalue weighted by Gasteiger charge is 2.24. The zero-order chi connectivity index (χ0) is 21.8. The highest BCUT2D eigenvalue weighted by molar-refractivity contribution is 7.89. The summed E-state index contributed by atoms with van der Waals surface area (Å²) in [6.45, 7) is 0.563. The Labute approximate surface area is 180 Å². The van der Waals surface area contributed by atoms with Gasteiger partial charge in [-0.1, -0.05) is 23.2 Å². The monoisotopic (exact) mass is 479 g/mol. The number of esters is 1. The highest BCUT2D eigenvalue weighted by Crippen LogP contribution is 2.25. The number of sulfonamides is 1. The number of rotatable bonds is 8. The fourth-order valence-electron chi connectivity index (χ4n) is 2.02. The van der Waals surface area contributed by atoms with Crippen molar-refractivity contribution in [1.29, 1.82) is 0 Å². The Morgan fingerprint density at radius 1 is 1.21 bits per heavy atom. The van der Waals surface area contributed by atoms with Gasteiger partial charge in [0, 0.05) is 0 Å². The Balaban J connectivity index is 1.93. The van der Waals surface area contributed by atoms with Crippen molar-refractivity contribution in [2.45, 2.75) is 17.9 Å². The van der Waals surface area contributed by atoms with Crippen LogP contribution in [-0.2, 0) is 24.3 Å². The molecule has 156 valence electrons. The van der Waals surface area contributed by atoms with Gasteiger partial charge in [-0.15, -0.1) is 11.3 Å². The molecule has 29 heavy (non-hydrogen) atoms. The molecule has 0 aliphatic heterocycles. The standard InChI is InChI=1S/C16H15Cl2N3O6S2/c1-8(21-29(25,26)9-2-3-11(17)12(18)6-9)16(24)27-7-13(22)20-15-10(14(19)23)4-5-28-15/h2-6,8,21H,7H2,1H3,(H2,19,23)(H,20,22)/t8-/m0/s1. The van der Waals surface area contributed by atoms with Crippen molar-refractivity contribution in [2.75, 3.05) is 11.9 Å². The summed E-state index contributed by atoms with van der Waals surface area (Å²) >= 11 is 12.6. The van der Waals surface area contributed by atoms with E-state index in [1.165, 1.54) is 25.1 Å². The van der Waals surface area contributed by atoms with Gasteiger partial charge in [-0.2, -0.15) is 4.72 Å². The molecule has 0 bridgehead atoms. The molecule has 0 saturated heterocycles. The first-order valence-corrected chi connectivity index (χ1v) is 10.9. The molecule has 0 aliphatic rings. The molecule has 0 radical (unpaired) electrons. The summed E-state index contributed by atoms with van der Waals surface area (Å²) < 4.78 is 31.6. The van der Waals surface area contributed by atoms with Gasteiger partial charge in [0.25, 0.3) is 11.8 Å².